The minimum atomic E-state index is -0.182. The number of piperidine rings is 1. The first-order valence-electron chi connectivity index (χ1n) is 11.2. The second-order valence-electron chi connectivity index (χ2n) is 8.33. The summed E-state index contributed by atoms with van der Waals surface area (Å²) in [5.74, 6) is 1.12. The molecule has 0 bridgehead atoms. The van der Waals surface area contributed by atoms with Gasteiger partial charge in [0.15, 0.2) is 11.5 Å². The highest BCUT2D eigenvalue weighted by Gasteiger charge is 2.27. The van der Waals surface area contributed by atoms with E-state index < -0.39 is 0 Å². The van der Waals surface area contributed by atoms with E-state index in [1.54, 1.807) is 18.3 Å². The number of nitrogens with zero attached hydrogens (tertiary/aromatic N) is 3. The Labute approximate surface area is 191 Å². The van der Waals surface area contributed by atoms with Crippen LogP contribution < -0.4 is 25.2 Å². The first kappa shape index (κ1) is 21.1. The van der Waals surface area contributed by atoms with Crippen molar-refractivity contribution < 1.29 is 14.3 Å². The van der Waals surface area contributed by atoms with Crippen LogP contribution in [0.15, 0.2) is 65.6 Å². The van der Waals surface area contributed by atoms with Gasteiger partial charge in [-0.1, -0.05) is 30.3 Å². The molecule has 0 aliphatic carbocycles. The molecule has 170 valence electrons. The van der Waals surface area contributed by atoms with Gasteiger partial charge in [-0.2, -0.15) is 5.10 Å². The van der Waals surface area contributed by atoms with Gasteiger partial charge in [-0.15, -0.1) is 0 Å². The third-order valence-corrected chi connectivity index (χ3v) is 6.00. The van der Waals surface area contributed by atoms with Gasteiger partial charge in [-0.3, -0.25) is 9.59 Å². The zero-order valence-electron chi connectivity index (χ0n) is 18.3. The highest BCUT2D eigenvalue weighted by molar-refractivity contribution is 5.93. The number of ether oxygens (including phenoxy) is 2. The number of hydrogen-bond donors (Lipinski definition) is 1. The van der Waals surface area contributed by atoms with Crippen LogP contribution in [-0.4, -0.2) is 42.0 Å². The largest absolute Gasteiger partial charge is 0.486 e. The Bertz CT molecular complexity index is 1190. The van der Waals surface area contributed by atoms with Crippen molar-refractivity contribution in [3.05, 3.63) is 76.7 Å². The maximum Gasteiger partial charge on any atom is 0.269 e. The molecular formula is C25H26N4O4. The zero-order chi connectivity index (χ0) is 22.6. The molecule has 8 heteroatoms. The molecule has 1 amide bonds. The van der Waals surface area contributed by atoms with Gasteiger partial charge in [0.2, 0.25) is 5.91 Å². The molecule has 0 saturated carbocycles. The standard InChI is InChI=1S/C25H26N4O4/c30-24-14-21(15-26-29(24)16-18-5-2-1-3-6-18)28-10-4-7-19(17-28)25(31)27-20-8-9-22-23(13-20)33-12-11-32-22/h1-3,5-6,8-9,13-15,19H,4,7,10-12,16-17H2,(H,27,31)/t19-/m1/s1. The smallest absolute Gasteiger partial charge is 0.269 e. The molecule has 1 N–H and O–H groups in total. The first-order chi connectivity index (χ1) is 16.2. The van der Waals surface area contributed by atoms with Gasteiger partial charge < -0.3 is 19.7 Å². The molecule has 1 atom stereocenters. The number of amides is 1. The van der Waals surface area contributed by atoms with Gasteiger partial charge >= 0.3 is 0 Å². The number of carbonyl (C=O) groups excluding carboxylic acids is 1. The summed E-state index contributed by atoms with van der Waals surface area (Å²) in [7, 11) is 0. The van der Waals surface area contributed by atoms with Crippen molar-refractivity contribution in [2.24, 2.45) is 5.92 Å². The SMILES string of the molecule is O=C(Nc1ccc2c(c1)OCCO2)[C@@H]1CCCN(c2cnn(Cc3ccccc3)c(=O)c2)C1. The van der Waals surface area contributed by atoms with E-state index in [0.29, 0.717) is 43.5 Å². The van der Waals surface area contributed by atoms with Crippen LogP contribution in [0.2, 0.25) is 0 Å². The molecule has 5 rings (SSSR count). The van der Waals surface area contributed by atoms with Crippen LogP contribution in [0.25, 0.3) is 0 Å². The number of hydrogen-bond acceptors (Lipinski definition) is 6. The van der Waals surface area contributed by atoms with Crippen molar-refractivity contribution in [1.29, 1.82) is 0 Å². The number of nitrogens with one attached hydrogen (secondary N) is 1. The molecule has 2 aliphatic rings. The fraction of sp³-hybridized carbons (Fsp3) is 0.320. The molecule has 0 unspecified atom stereocenters. The molecular weight excluding hydrogens is 420 g/mol. The van der Waals surface area contributed by atoms with Crippen LogP contribution in [0.5, 0.6) is 11.5 Å². The summed E-state index contributed by atoms with van der Waals surface area (Å²) in [6, 6.07) is 16.8. The van der Waals surface area contributed by atoms with Crippen molar-refractivity contribution >= 4 is 17.3 Å². The van der Waals surface area contributed by atoms with Gasteiger partial charge in [0.1, 0.15) is 13.2 Å². The number of carbonyl (C=O) groups is 1. The topological polar surface area (TPSA) is 85.7 Å². The van der Waals surface area contributed by atoms with Crippen LogP contribution >= 0.6 is 0 Å². The average Bonchev–Trinajstić information content (AvgIpc) is 2.86. The first-order valence-corrected chi connectivity index (χ1v) is 11.2. The Balaban J connectivity index is 1.24. The average molecular weight is 447 g/mol. The molecule has 2 aliphatic heterocycles. The predicted octanol–water partition coefficient (Wildman–Crippen LogP) is 2.92. The van der Waals surface area contributed by atoms with E-state index in [2.05, 4.69) is 15.3 Å². The normalized spacial score (nSPS) is 17.5. The van der Waals surface area contributed by atoms with Crippen LogP contribution in [0.4, 0.5) is 11.4 Å². The monoisotopic (exact) mass is 446 g/mol. The van der Waals surface area contributed by atoms with E-state index in [0.717, 1.165) is 30.6 Å². The molecule has 3 aromatic rings. The van der Waals surface area contributed by atoms with Crippen molar-refractivity contribution in [3.8, 4) is 11.5 Å². The summed E-state index contributed by atoms with van der Waals surface area (Å²) in [5, 5.41) is 7.36. The van der Waals surface area contributed by atoms with E-state index in [-0.39, 0.29) is 17.4 Å². The van der Waals surface area contributed by atoms with Crippen molar-refractivity contribution in [2.75, 3.05) is 36.5 Å². The van der Waals surface area contributed by atoms with Crippen LogP contribution in [0.3, 0.4) is 0 Å². The van der Waals surface area contributed by atoms with Crippen LogP contribution in [0, 0.1) is 5.92 Å². The fourth-order valence-corrected chi connectivity index (χ4v) is 4.26. The van der Waals surface area contributed by atoms with E-state index in [9.17, 15) is 9.59 Å². The highest BCUT2D eigenvalue weighted by Crippen LogP contribution is 2.33. The third-order valence-electron chi connectivity index (χ3n) is 6.00. The van der Waals surface area contributed by atoms with Crippen LogP contribution in [0.1, 0.15) is 18.4 Å². The predicted molar refractivity (Wildman–Crippen MR) is 125 cm³/mol. The number of benzene rings is 2. The summed E-state index contributed by atoms with van der Waals surface area (Å²) < 4.78 is 12.6. The van der Waals surface area contributed by atoms with Gasteiger partial charge in [-0.05, 0) is 30.5 Å². The summed E-state index contributed by atoms with van der Waals surface area (Å²) in [4.78, 5) is 27.6. The second-order valence-corrected chi connectivity index (χ2v) is 8.33. The van der Waals surface area contributed by atoms with Gasteiger partial charge in [0, 0.05) is 30.9 Å². The third kappa shape index (κ3) is 4.84. The molecule has 2 aromatic carbocycles. The summed E-state index contributed by atoms with van der Waals surface area (Å²) in [6.45, 7) is 2.79. The number of aromatic nitrogens is 2. The number of anilines is 2. The van der Waals surface area contributed by atoms with Gasteiger partial charge in [0.25, 0.3) is 5.56 Å². The molecule has 33 heavy (non-hydrogen) atoms. The summed E-state index contributed by atoms with van der Waals surface area (Å²) in [6.07, 6.45) is 3.38. The lowest BCUT2D eigenvalue weighted by atomic mass is 9.96. The molecule has 1 aromatic heterocycles. The molecule has 8 nitrogen and oxygen atoms in total. The van der Waals surface area contributed by atoms with Crippen LogP contribution in [-0.2, 0) is 11.3 Å². The van der Waals surface area contributed by atoms with Crippen molar-refractivity contribution in [1.82, 2.24) is 9.78 Å². The van der Waals surface area contributed by atoms with Crippen molar-refractivity contribution in [3.63, 3.8) is 0 Å². The van der Waals surface area contributed by atoms with E-state index in [1.807, 2.05) is 42.5 Å². The zero-order valence-corrected chi connectivity index (χ0v) is 18.3. The van der Waals surface area contributed by atoms with Gasteiger partial charge in [-0.25, -0.2) is 4.68 Å². The maximum absolute atomic E-state index is 12.9. The Morgan fingerprint density at radius 2 is 1.88 bits per heavy atom. The quantitative estimate of drug-likeness (QED) is 0.649. The number of rotatable bonds is 5. The van der Waals surface area contributed by atoms with Gasteiger partial charge in [0.05, 0.1) is 24.3 Å². The molecule has 1 saturated heterocycles. The Hall–Kier alpha value is -3.81. The number of fused-ring (bicyclic) bond motifs is 1. The maximum atomic E-state index is 12.9. The second kappa shape index (κ2) is 9.36. The van der Waals surface area contributed by atoms with E-state index >= 15 is 0 Å². The Morgan fingerprint density at radius 1 is 1.06 bits per heavy atom. The molecule has 0 spiro atoms. The Morgan fingerprint density at radius 3 is 2.70 bits per heavy atom. The lowest BCUT2D eigenvalue weighted by molar-refractivity contribution is -0.120. The summed E-state index contributed by atoms with van der Waals surface area (Å²) >= 11 is 0. The molecule has 3 heterocycles. The van der Waals surface area contributed by atoms with Crippen molar-refractivity contribution in [2.45, 2.75) is 19.4 Å². The lowest BCUT2D eigenvalue weighted by Crippen LogP contribution is -2.41. The van der Waals surface area contributed by atoms with E-state index in [4.69, 9.17) is 9.47 Å². The minimum absolute atomic E-state index is 0.0400. The lowest BCUT2D eigenvalue weighted by Gasteiger charge is -2.33. The minimum Gasteiger partial charge on any atom is -0.486 e. The Kier molecular flexibility index (Phi) is 5.97. The molecule has 1 fully saturated rings. The fourth-order valence-electron chi connectivity index (χ4n) is 4.26. The molecule has 0 radical (unpaired) electrons. The highest BCUT2D eigenvalue weighted by atomic mass is 16.6. The van der Waals surface area contributed by atoms with E-state index in [1.165, 1.54) is 4.68 Å². The summed E-state index contributed by atoms with van der Waals surface area (Å²) in [5.41, 5.74) is 2.31.